The molecule has 1 aliphatic heterocycles. The maximum absolute atomic E-state index is 12.6. The second-order valence-electron chi connectivity index (χ2n) is 6.22. The van der Waals surface area contributed by atoms with Gasteiger partial charge in [0.2, 0.25) is 0 Å². The van der Waals surface area contributed by atoms with Crippen molar-refractivity contribution in [3.05, 3.63) is 59.9 Å². The van der Waals surface area contributed by atoms with Gasteiger partial charge in [-0.15, -0.1) is 0 Å². The Labute approximate surface area is 151 Å². The minimum atomic E-state index is -0.0273. The summed E-state index contributed by atoms with van der Waals surface area (Å²) in [6.45, 7) is 2.35. The molecule has 3 aromatic rings. The number of rotatable bonds is 4. The van der Waals surface area contributed by atoms with Crippen molar-refractivity contribution in [1.29, 1.82) is 0 Å². The zero-order valence-corrected chi connectivity index (χ0v) is 14.3. The van der Waals surface area contributed by atoms with Crippen LogP contribution in [0.3, 0.4) is 0 Å². The number of aromatic nitrogens is 2. The summed E-state index contributed by atoms with van der Waals surface area (Å²) in [5, 5.41) is 0. The van der Waals surface area contributed by atoms with Crippen molar-refractivity contribution in [2.24, 2.45) is 0 Å². The first-order valence-electron chi connectivity index (χ1n) is 8.64. The highest BCUT2D eigenvalue weighted by atomic mass is 16.5. The van der Waals surface area contributed by atoms with Gasteiger partial charge >= 0.3 is 0 Å². The zero-order valence-electron chi connectivity index (χ0n) is 14.3. The molecule has 6 nitrogen and oxygen atoms in total. The van der Waals surface area contributed by atoms with E-state index in [1.807, 2.05) is 40.9 Å². The third-order valence-electron chi connectivity index (χ3n) is 4.61. The number of fused-ring (bicyclic) bond motifs is 1. The molecular formula is C20H19N3O3. The number of hydrogen-bond acceptors (Lipinski definition) is 4. The van der Waals surface area contributed by atoms with Crippen LogP contribution in [0.5, 0.6) is 0 Å². The van der Waals surface area contributed by atoms with E-state index in [2.05, 4.69) is 4.98 Å². The molecule has 0 aliphatic carbocycles. The highest BCUT2D eigenvalue weighted by molar-refractivity contribution is 5.94. The highest BCUT2D eigenvalue weighted by Crippen LogP contribution is 2.26. The lowest BCUT2D eigenvalue weighted by Gasteiger charge is -2.26. The molecule has 0 spiro atoms. The molecule has 0 bridgehead atoms. The Balaban J connectivity index is 1.68. The minimum Gasteiger partial charge on any atom is -0.378 e. The van der Waals surface area contributed by atoms with Gasteiger partial charge < -0.3 is 18.8 Å². The van der Waals surface area contributed by atoms with Crippen LogP contribution in [0.2, 0.25) is 0 Å². The second kappa shape index (κ2) is 7.09. The van der Waals surface area contributed by atoms with Crippen LogP contribution in [0.4, 0.5) is 0 Å². The van der Waals surface area contributed by atoms with Crippen LogP contribution in [0.15, 0.2) is 48.8 Å². The maximum atomic E-state index is 12.6. The quantitative estimate of drug-likeness (QED) is 0.678. The molecule has 0 atom stereocenters. The van der Waals surface area contributed by atoms with Gasteiger partial charge in [0.15, 0.2) is 0 Å². The van der Waals surface area contributed by atoms with Crippen LogP contribution >= 0.6 is 0 Å². The summed E-state index contributed by atoms with van der Waals surface area (Å²) in [4.78, 5) is 29.9. The van der Waals surface area contributed by atoms with Gasteiger partial charge in [-0.3, -0.25) is 9.78 Å². The van der Waals surface area contributed by atoms with Crippen LogP contribution in [-0.4, -0.2) is 52.8 Å². The fourth-order valence-corrected chi connectivity index (χ4v) is 3.32. The molecule has 0 radical (unpaired) electrons. The number of ether oxygens (including phenoxy) is 1. The standard InChI is InChI=1S/C20H19N3O3/c24-10-6-15-13-17-3-1-2-7-23(17)19(15)18-5-4-16(14-21-18)20(25)22-8-11-26-12-9-22/h1-5,7,10,13-14H,6,8-9,11-12H2. The topological polar surface area (TPSA) is 63.9 Å². The van der Waals surface area contributed by atoms with Crippen LogP contribution in [0, 0.1) is 0 Å². The molecule has 1 fully saturated rings. The molecule has 0 N–H and O–H groups in total. The fourth-order valence-electron chi connectivity index (χ4n) is 3.32. The van der Waals surface area contributed by atoms with Gasteiger partial charge in [0.05, 0.1) is 30.2 Å². The van der Waals surface area contributed by atoms with Gasteiger partial charge in [0.1, 0.15) is 6.29 Å². The van der Waals surface area contributed by atoms with Crippen molar-refractivity contribution in [2.45, 2.75) is 6.42 Å². The van der Waals surface area contributed by atoms with Gasteiger partial charge in [-0.1, -0.05) is 6.07 Å². The van der Waals surface area contributed by atoms with E-state index in [0.717, 1.165) is 28.8 Å². The Bertz CT molecular complexity index is 941. The lowest BCUT2D eigenvalue weighted by atomic mass is 10.1. The Morgan fingerprint density at radius 2 is 2.04 bits per heavy atom. The molecule has 4 rings (SSSR count). The number of carbonyl (C=O) groups is 2. The van der Waals surface area contributed by atoms with E-state index in [0.29, 0.717) is 38.3 Å². The number of aldehydes is 1. The van der Waals surface area contributed by atoms with Crippen LogP contribution in [0.25, 0.3) is 16.9 Å². The number of hydrogen-bond donors (Lipinski definition) is 0. The van der Waals surface area contributed by atoms with E-state index in [1.54, 1.807) is 17.2 Å². The summed E-state index contributed by atoms with van der Waals surface area (Å²) in [5.41, 5.74) is 4.12. The Kier molecular flexibility index (Phi) is 4.50. The van der Waals surface area contributed by atoms with Crippen molar-refractivity contribution in [2.75, 3.05) is 26.3 Å². The number of morpholine rings is 1. The molecule has 6 heteroatoms. The van der Waals surface area contributed by atoms with E-state index in [1.165, 1.54) is 0 Å². The highest BCUT2D eigenvalue weighted by Gasteiger charge is 2.19. The first-order chi connectivity index (χ1) is 12.8. The van der Waals surface area contributed by atoms with E-state index >= 15 is 0 Å². The van der Waals surface area contributed by atoms with Gasteiger partial charge in [0, 0.05) is 37.4 Å². The van der Waals surface area contributed by atoms with Gasteiger partial charge in [0.25, 0.3) is 5.91 Å². The average Bonchev–Trinajstić information content (AvgIpc) is 3.06. The lowest BCUT2D eigenvalue weighted by Crippen LogP contribution is -2.40. The SMILES string of the molecule is O=CCc1cc2ccccn2c1-c1ccc(C(=O)N2CCOCC2)cn1. The molecule has 4 heterocycles. The first-order valence-corrected chi connectivity index (χ1v) is 8.64. The summed E-state index contributed by atoms with van der Waals surface area (Å²) < 4.78 is 7.31. The zero-order chi connectivity index (χ0) is 17.9. The van der Waals surface area contributed by atoms with Crippen molar-refractivity contribution in [3.8, 4) is 11.4 Å². The van der Waals surface area contributed by atoms with Crippen LogP contribution in [-0.2, 0) is 16.0 Å². The predicted molar refractivity (Wildman–Crippen MR) is 97.1 cm³/mol. The smallest absolute Gasteiger partial charge is 0.255 e. The summed E-state index contributed by atoms with van der Waals surface area (Å²) in [5.74, 6) is -0.0273. The van der Waals surface area contributed by atoms with E-state index in [9.17, 15) is 9.59 Å². The molecular weight excluding hydrogens is 330 g/mol. The first kappa shape index (κ1) is 16.5. The molecule has 1 amide bonds. The fraction of sp³-hybridized carbons (Fsp3) is 0.250. The van der Waals surface area contributed by atoms with Crippen molar-refractivity contribution in [1.82, 2.24) is 14.3 Å². The lowest BCUT2D eigenvalue weighted by molar-refractivity contribution is -0.107. The number of pyridine rings is 2. The molecule has 132 valence electrons. The monoisotopic (exact) mass is 349 g/mol. The maximum Gasteiger partial charge on any atom is 0.255 e. The average molecular weight is 349 g/mol. The van der Waals surface area contributed by atoms with Gasteiger partial charge in [-0.2, -0.15) is 0 Å². The third kappa shape index (κ3) is 2.99. The van der Waals surface area contributed by atoms with Crippen molar-refractivity contribution in [3.63, 3.8) is 0 Å². The molecule has 1 saturated heterocycles. The molecule has 26 heavy (non-hydrogen) atoms. The predicted octanol–water partition coefficient (Wildman–Crippen LogP) is 2.22. The Hall–Kier alpha value is -2.99. The number of amides is 1. The summed E-state index contributed by atoms with van der Waals surface area (Å²) in [6, 6.07) is 11.5. The molecule has 1 aliphatic rings. The van der Waals surface area contributed by atoms with Gasteiger partial charge in [-0.05, 0) is 35.9 Å². The van der Waals surface area contributed by atoms with E-state index < -0.39 is 0 Å². The number of carbonyl (C=O) groups excluding carboxylic acids is 2. The van der Waals surface area contributed by atoms with Gasteiger partial charge in [-0.25, -0.2) is 0 Å². The largest absolute Gasteiger partial charge is 0.378 e. The normalized spacial score (nSPS) is 14.5. The van der Waals surface area contributed by atoms with Crippen molar-refractivity contribution < 1.29 is 14.3 Å². The van der Waals surface area contributed by atoms with Crippen molar-refractivity contribution >= 4 is 17.7 Å². The summed E-state index contributed by atoms with van der Waals surface area (Å²) in [7, 11) is 0. The number of nitrogens with zero attached hydrogens (tertiary/aromatic N) is 3. The minimum absolute atomic E-state index is 0.0273. The molecule has 0 aromatic carbocycles. The molecule has 0 unspecified atom stereocenters. The second-order valence-corrected chi connectivity index (χ2v) is 6.22. The van der Waals surface area contributed by atoms with E-state index in [-0.39, 0.29) is 5.91 Å². The molecule has 3 aromatic heterocycles. The van der Waals surface area contributed by atoms with E-state index in [4.69, 9.17) is 4.74 Å². The van der Waals surface area contributed by atoms with Crippen LogP contribution < -0.4 is 0 Å². The Morgan fingerprint density at radius 1 is 1.19 bits per heavy atom. The Morgan fingerprint density at radius 3 is 2.77 bits per heavy atom. The van der Waals surface area contributed by atoms with Crippen LogP contribution in [0.1, 0.15) is 15.9 Å². The summed E-state index contributed by atoms with van der Waals surface area (Å²) in [6.07, 6.45) is 4.79. The third-order valence-corrected chi connectivity index (χ3v) is 4.61. The molecule has 0 saturated carbocycles. The summed E-state index contributed by atoms with van der Waals surface area (Å²) >= 11 is 0.